The lowest BCUT2D eigenvalue weighted by Crippen LogP contribution is -2.38. The van der Waals surface area contributed by atoms with Crippen molar-refractivity contribution >= 4 is 21.7 Å². The fraction of sp³-hybridized carbons (Fsp3) is 0.346. The van der Waals surface area contributed by atoms with Crippen molar-refractivity contribution in [2.24, 2.45) is 5.41 Å². The van der Waals surface area contributed by atoms with E-state index in [9.17, 15) is 13.2 Å². The van der Waals surface area contributed by atoms with E-state index in [0.717, 1.165) is 17.6 Å². The van der Waals surface area contributed by atoms with Gasteiger partial charge >= 0.3 is 5.97 Å². The van der Waals surface area contributed by atoms with Gasteiger partial charge in [-0.3, -0.25) is 4.31 Å². The van der Waals surface area contributed by atoms with Gasteiger partial charge in [-0.1, -0.05) is 68.0 Å². The summed E-state index contributed by atoms with van der Waals surface area (Å²) in [4.78, 5) is 13.4. The highest BCUT2D eigenvalue weighted by molar-refractivity contribution is 7.89. The summed E-state index contributed by atoms with van der Waals surface area (Å²) in [7, 11) is -3.91. The van der Waals surface area contributed by atoms with Gasteiger partial charge in [-0.25, -0.2) is 13.2 Å². The van der Waals surface area contributed by atoms with Crippen LogP contribution in [0.1, 0.15) is 44.7 Å². The van der Waals surface area contributed by atoms with Crippen molar-refractivity contribution in [2.45, 2.75) is 51.5 Å². The molecule has 0 bridgehead atoms. The maximum absolute atomic E-state index is 14.0. The summed E-state index contributed by atoms with van der Waals surface area (Å²) in [6.45, 7) is 8.12. The number of fused-ring (bicyclic) bond motifs is 1. The zero-order valence-corrected chi connectivity index (χ0v) is 19.8. The van der Waals surface area contributed by atoms with E-state index in [4.69, 9.17) is 4.74 Å². The molecule has 1 heterocycles. The van der Waals surface area contributed by atoms with Gasteiger partial charge in [0, 0.05) is 0 Å². The van der Waals surface area contributed by atoms with E-state index < -0.39 is 22.0 Å². The van der Waals surface area contributed by atoms with Gasteiger partial charge in [0.1, 0.15) is 0 Å². The fourth-order valence-electron chi connectivity index (χ4n) is 4.54. The molecule has 0 saturated carbocycles. The van der Waals surface area contributed by atoms with Crippen molar-refractivity contribution < 1.29 is 17.9 Å². The Labute approximate surface area is 190 Å². The Balaban J connectivity index is 2.01. The van der Waals surface area contributed by atoms with Crippen LogP contribution in [-0.4, -0.2) is 31.3 Å². The highest BCUT2D eigenvalue weighted by atomic mass is 32.2. The second-order valence-electron chi connectivity index (χ2n) is 9.07. The summed E-state index contributed by atoms with van der Waals surface area (Å²) < 4.78 is 34.8. The number of hydrogen-bond acceptors (Lipinski definition) is 4. The van der Waals surface area contributed by atoms with Crippen molar-refractivity contribution in [3.05, 3.63) is 82.9 Å². The van der Waals surface area contributed by atoms with Crippen LogP contribution in [0, 0.1) is 12.3 Å². The summed E-state index contributed by atoms with van der Waals surface area (Å²) in [5.41, 5.74) is 3.02. The van der Waals surface area contributed by atoms with E-state index in [1.54, 1.807) is 31.2 Å². The summed E-state index contributed by atoms with van der Waals surface area (Å²) in [6, 6.07) is 15.7. The molecule has 168 valence electrons. The van der Waals surface area contributed by atoms with E-state index in [1.165, 1.54) is 4.31 Å². The molecule has 2 aromatic carbocycles. The number of nitrogens with zero attached hydrogens (tertiary/aromatic N) is 1. The first kappa shape index (κ1) is 22.3. The SMILES string of the molecule is CCOC(=O)C1=C(c2ccccc2)N(S(=O)(=O)c2ccc(C)cc2)C2CCC(C)(C)C=C12. The van der Waals surface area contributed by atoms with Crippen LogP contribution >= 0.6 is 0 Å². The summed E-state index contributed by atoms with van der Waals surface area (Å²) in [5, 5.41) is 0. The Morgan fingerprint density at radius 1 is 1.09 bits per heavy atom. The largest absolute Gasteiger partial charge is 0.462 e. The van der Waals surface area contributed by atoms with Crippen molar-refractivity contribution in [3.8, 4) is 0 Å². The van der Waals surface area contributed by atoms with Gasteiger partial charge in [0.2, 0.25) is 0 Å². The average Bonchev–Trinajstić information content (AvgIpc) is 3.09. The van der Waals surface area contributed by atoms with Crippen LogP contribution in [0.15, 0.2) is 76.7 Å². The molecular weight excluding hydrogens is 422 g/mol. The third-order valence-corrected chi connectivity index (χ3v) is 7.92. The summed E-state index contributed by atoms with van der Waals surface area (Å²) in [6.07, 6.45) is 3.50. The molecular formula is C26H29NO4S. The number of aryl methyl sites for hydroxylation is 1. The molecule has 1 aliphatic heterocycles. The predicted molar refractivity (Wildman–Crippen MR) is 125 cm³/mol. The normalized spacial score (nSPS) is 20.1. The minimum atomic E-state index is -3.91. The number of carbonyl (C=O) groups is 1. The van der Waals surface area contributed by atoms with E-state index >= 15 is 0 Å². The molecule has 2 aromatic rings. The fourth-order valence-corrected chi connectivity index (χ4v) is 6.23. The number of benzene rings is 2. The van der Waals surface area contributed by atoms with Crippen molar-refractivity contribution in [2.75, 3.05) is 6.61 Å². The standard InChI is InChI=1S/C26H29NO4S/c1-5-31-25(28)23-21-17-26(3,4)16-15-22(21)27(24(23)19-9-7-6-8-10-19)32(29,30)20-13-11-18(2)12-14-20/h6-14,17,22H,5,15-16H2,1-4H3. The second-order valence-corrected chi connectivity index (χ2v) is 10.9. The minimum Gasteiger partial charge on any atom is -0.462 e. The first-order valence-electron chi connectivity index (χ1n) is 11.0. The lowest BCUT2D eigenvalue weighted by molar-refractivity contribution is -0.138. The molecule has 32 heavy (non-hydrogen) atoms. The molecule has 1 unspecified atom stereocenters. The van der Waals surface area contributed by atoms with E-state index in [0.29, 0.717) is 23.3 Å². The van der Waals surface area contributed by atoms with Crippen molar-refractivity contribution in [1.29, 1.82) is 0 Å². The minimum absolute atomic E-state index is 0.144. The van der Waals surface area contributed by atoms with E-state index in [2.05, 4.69) is 19.9 Å². The highest BCUT2D eigenvalue weighted by Gasteiger charge is 2.48. The van der Waals surface area contributed by atoms with Gasteiger partial charge in [-0.05, 0) is 55.4 Å². The van der Waals surface area contributed by atoms with Crippen LogP contribution in [0.25, 0.3) is 5.70 Å². The number of esters is 1. The molecule has 0 fully saturated rings. The lowest BCUT2D eigenvalue weighted by atomic mass is 9.76. The smallest absolute Gasteiger partial charge is 0.340 e. The Morgan fingerprint density at radius 2 is 1.75 bits per heavy atom. The molecule has 2 aliphatic rings. The van der Waals surface area contributed by atoms with Gasteiger partial charge in [-0.15, -0.1) is 0 Å². The molecule has 0 N–H and O–H groups in total. The molecule has 0 spiro atoms. The van der Waals surface area contributed by atoms with Gasteiger partial charge in [0.15, 0.2) is 0 Å². The predicted octanol–water partition coefficient (Wildman–Crippen LogP) is 5.09. The number of ether oxygens (including phenoxy) is 1. The Kier molecular flexibility index (Phi) is 5.76. The number of hydrogen-bond donors (Lipinski definition) is 0. The van der Waals surface area contributed by atoms with Crippen LogP contribution in [0.3, 0.4) is 0 Å². The molecule has 1 aliphatic carbocycles. The Bertz CT molecular complexity index is 1190. The maximum Gasteiger partial charge on any atom is 0.340 e. The lowest BCUT2D eigenvalue weighted by Gasteiger charge is -2.35. The molecule has 0 amide bonds. The second kappa shape index (κ2) is 8.24. The third-order valence-electron chi connectivity index (χ3n) is 6.10. The molecule has 0 aromatic heterocycles. The number of sulfonamides is 1. The van der Waals surface area contributed by atoms with Crippen molar-refractivity contribution in [1.82, 2.24) is 4.31 Å². The number of rotatable bonds is 5. The highest BCUT2D eigenvalue weighted by Crippen LogP contribution is 2.49. The van der Waals surface area contributed by atoms with E-state index in [-0.39, 0.29) is 16.9 Å². The van der Waals surface area contributed by atoms with Gasteiger partial charge in [0.05, 0.1) is 28.8 Å². The summed E-state index contributed by atoms with van der Waals surface area (Å²) >= 11 is 0. The van der Waals surface area contributed by atoms with Gasteiger partial charge < -0.3 is 4.74 Å². The summed E-state index contributed by atoms with van der Waals surface area (Å²) in [5.74, 6) is -0.484. The monoisotopic (exact) mass is 451 g/mol. The van der Waals surface area contributed by atoms with Crippen molar-refractivity contribution in [3.63, 3.8) is 0 Å². The maximum atomic E-state index is 14.0. The van der Waals surface area contributed by atoms with Crippen LogP contribution in [0.2, 0.25) is 0 Å². The molecule has 5 nitrogen and oxygen atoms in total. The van der Waals surface area contributed by atoms with Crippen LogP contribution in [-0.2, 0) is 19.6 Å². The number of carbonyl (C=O) groups excluding carboxylic acids is 1. The zero-order chi connectivity index (χ0) is 23.1. The van der Waals surface area contributed by atoms with Crippen LogP contribution < -0.4 is 0 Å². The third kappa shape index (κ3) is 3.88. The Morgan fingerprint density at radius 3 is 2.38 bits per heavy atom. The van der Waals surface area contributed by atoms with Gasteiger partial charge in [0.25, 0.3) is 10.0 Å². The molecule has 0 saturated heterocycles. The molecule has 1 atom stereocenters. The van der Waals surface area contributed by atoms with E-state index in [1.807, 2.05) is 37.3 Å². The average molecular weight is 452 g/mol. The molecule has 6 heteroatoms. The first-order chi connectivity index (χ1) is 15.2. The topological polar surface area (TPSA) is 63.7 Å². The quantitative estimate of drug-likeness (QED) is 0.594. The number of allylic oxidation sites excluding steroid dienone is 1. The zero-order valence-electron chi connectivity index (χ0n) is 19.0. The molecule has 4 rings (SSSR count). The first-order valence-corrected chi connectivity index (χ1v) is 12.4. The molecule has 0 radical (unpaired) electrons. The van der Waals surface area contributed by atoms with Crippen LogP contribution in [0.4, 0.5) is 0 Å². The van der Waals surface area contributed by atoms with Crippen LogP contribution in [0.5, 0.6) is 0 Å². The van der Waals surface area contributed by atoms with Gasteiger partial charge in [-0.2, -0.15) is 0 Å². The Hall–Kier alpha value is -2.86.